The highest BCUT2D eigenvalue weighted by atomic mass is 35.5. The number of hydrogen-bond donors (Lipinski definition) is 1. The van der Waals surface area contributed by atoms with Crippen LogP contribution in [0, 0.1) is 5.92 Å². The Morgan fingerprint density at radius 2 is 1.26 bits per heavy atom. The number of hydrogen-bond acceptors (Lipinski definition) is 1. The first-order valence-corrected chi connectivity index (χ1v) is 6.53. The van der Waals surface area contributed by atoms with Gasteiger partial charge in [-0.1, -0.05) is 80.9 Å². The van der Waals surface area contributed by atoms with Crippen molar-refractivity contribution in [3.63, 3.8) is 0 Å². The maximum Gasteiger partial charge on any atom is 0.117 e. The van der Waals surface area contributed by atoms with E-state index in [0.29, 0.717) is 0 Å². The van der Waals surface area contributed by atoms with Crippen LogP contribution >= 0.6 is 12.4 Å². The van der Waals surface area contributed by atoms with Crippen LogP contribution in [0.3, 0.4) is 0 Å². The number of halogens is 1. The summed E-state index contributed by atoms with van der Waals surface area (Å²) in [6.07, 6.45) is 0.931. The molecule has 0 radical (unpaired) electrons. The van der Waals surface area contributed by atoms with Gasteiger partial charge in [-0.15, -0.1) is 12.4 Å². The van der Waals surface area contributed by atoms with Gasteiger partial charge in [-0.2, -0.15) is 0 Å². The quantitative estimate of drug-likeness (QED) is 0.878. The van der Waals surface area contributed by atoms with Gasteiger partial charge in [0.2, 0.25) is 0 Å². The smallest absolute Gasteiger partial charge is 0.117 e. The van der Waals surface area contributed by atoms with Gasteiger partial charge in [-0.25, -0.2) is 0 Å². The second-order valence-corrected chi connectivity index (χ2v) is 4.81. The van der Waals surface area contributed by atoms with E-state index in [1.807, 2.05) is 60.7 Å². The van der Waals surface area contributed by atoms with Crippen molar-refractivity contribution < 1.29 is 5.11 Å². The standard InChI is InChI=1S/C17H20O.ClH/c1-3-14(2)17(18,15-10-6-4-7-11-15)16-12-8-5-9-13-16;/h4-14,18H,3H2,1-2H3;1H. The Morgan fingerprint density at radius 3 is 1.58 bits per heavy atom. The lowest BCUT2D eigenvalue weighted by atomic mass is 9.76. The van der Waals surface area contributed by atoms with E-state index >= 15 is 0 Å². The molecule has 1 unspecified atom stereocenters. The largest absolute Gasteiger partial charge is 0.380 e. The van der Waals surface area contributed by atoms with Gasteiger partial charge in [0.1, 0.15) is 5.60 Å². The molecular formula is C17H21ClO. The molecule has 0 saturated heterocycles. The van der Waals surface area contributed by atoms with Crippen molar-refractivity contribution in [1.29, 1.82) is 0 Å². The summed E-state index contributed by atoms with van der Waals surface area (Å²) >= 11 is 0. The minimum Gasteiger partial charge on any atom is -0.380 e. The lowest BCUT2D eigenvalue weighted by Crippen LogP contribution is -2.34. The van der Waals surface area contributed by atoms with E-state index in [1.165, 1.54) is 0 Å². The van der Waals surface area contributed by atoms with Crippen molar-refractivity contribution in [3.05, 3.63) is 71.8 Å². The van der Waals surface area contributed by atoms with Gasteiger partial charge in [0.15, 0.2) is 0 Å². The molecule has 2 aromatic rings. The number of rotatable bonds is 4. The van der Waals surface area contributed by atoms with Gasteiger partial charge >= 0.3 is 0 Å². The van der Waals surface area contributed by atoms with Crippen LogP contribution in [0.1, 0.15) is 31.4 Å². The highest BCUT2D eigenvalue weighted by molar-refractivity contribution is 5.85. The van der Waals surface area contributed by atoms with Crippen molar-refractivity contribution in [3.8, 4) is 0 Å². The second kappa shape index (κ2) is 6.74. The van der Waals surface area contributed by atoms with E-state index in [-0.39, 0.29) is 18.3 Å². The average Bonchev–Trinajstić information content (AvgIpc) is 2.47. The van der Waals surface area contributed by atoms with E-state index in [2.05, 4.69) is 13.8 Å². The first kappa shape index (κ1) is 15.7. The fraction of sp³-hybridized carbons (Fsp3) is 0.294. The first-order chi connectivity index (χ1) is 8.69. The Bertz CT molecular complexity index is 442. The van der Waals surface area contributed by atoms with Crippen LogP contribution in [0.4, 0.5) is 0 Å². The second-order valence-electron chi connectivity index (χ2n) is 4.81. The molecule has 19 heavy (non-hydrogen) atoms. The van der Waals surface area contributed by atoms with Crippen molar-refractivity contribution in [2.24, 2.45) is 5.92 Å². The average molecular weight is 277 g/mol. The lowest BCUT2D eigenvalue weighted by molar-refractivity contribution is 0.0223. The summed E-state index contributed by atoms with van der Waals surface area (Å²) in [5, 5.41) is 11.2. The Kier molecular flexibility index (Phi) is 5.59. The molecule has 1 atom stereocenters. The summed E-state index contributed by atoms with van der Waals surface area (Å²) in [6, 6.07) is 19.9. The van der Waals surface area contributed by atoms with Gasteiger partial charge in [0.05, 0.1) is 0 Å². The van der Waals surface area contributed by atoms with E-state index in [4.69, 9.17) is 0 Å². The minimum atomic E-state index is -0.905. The van der Waals surface area contributed by atoms with Gasteiger partial charge in [-0.05, 0) is 17.0 Å². The van der Waals surface area contributed by atoms with Crippen LogP contribution in [0.15, 0.2) is 60.7 Å². The Hall–Kier alpha value is -1.31. The molecule has 2 heteroatoms. The highest BCUT2D eigenvalue weighted by Gasteiger charge is 2.36. The van der Waals surface area contributed by atoms with Crippen LogP contribution in [-0.2, 0) is 5.60 Å². The zero-order chi connectivity index (χ0) is 13.0. The molecule has 1 N–H and O–H groups in total. The monoisotopic (exact) mass is 276 g/mol. The fourth-order valence-corrected chi connectivity index (χ4v) is 2.42. The number of aliphatic hydroxyl groups is 1. The molecule has 0 spiro atoms. The van der Waals surface area contributed by atoms with Crippen molar-refractivity contribution >= 4 is 12.4 Å². The van der Waals surface area contributed by atoms with Gasteiger partial charge in [0, 0.05) is 0 Å². The Morgan fingerprint density at radius 1 is 0.895 bits per heavy atom. The molecule has 0 aliphatic carbocycles. The van der Waals surface area contributed by atoms with Crippen molar-refractivity contribution in [1.82, 2.24) is 0 Å². The van der Waals surface area contributed by atoms with E-state index < -0.39 is 5.60 Å². The third kappa shape index (κ3) is 2.99. The number of benzene rings is 2. The van der Waals surface area contributed by atoms with Crippen LogP contribution in [-0.4, -0.2) is 5.11 Å². The molecule has 0 aliphatic heterocycles. The zero-order valence-corrected chi connectivity index (χ0v) is 12.2. The van der Waals surface area contributed by atoms with Crippen LogP contribution in [0.2, 0.25) is 0 Å². The summed E-state index contributed by atoms with van der Waals surface area (Å²) < 4.78 is 0. The molecule has 0 bridgehead atoms. The molecule has 0 aromatic heterocycles. The molecule has 1 nitrogen and oxygen atoms in total. The predicted octanol–water partition coefficient (Wildman–Crippen LogP) is 4.39. The Balaban J connectivity index is 0.00000180. The maximum absolute atomic E-state index is 11.2. The normalized spacial score (nSPS) is 12.6. The molecule has 0 aliphatic rings. The van der Waals surface area contributed by atoms with Gasteiger partial charge in [-0.3, -0.25) is 0 Å². The summed E-state index contributed by atoms with van der Waals surface area (Å²) in [4.78, 5) is 0. The molecule has 0 fully saturated rings. The van der Waals surface area contributed by atoms with Crippen molar-refractivity contribution in [2.45, 2.75) is 25.9 Å². The van der Waals surface area contributed by atoms with Crippen molar-refractivity contribution in [2.75, 3.05) is 0 Å². The maximum atomic E-state index is 11.2. The molecule has 2 rings (SSSR count). The molecular weight excluding hydrogens is 256 g/mol. The summed E-state index contributed by atoms with van der Waals surface area (Å²) in [5.41, 5.74) is 1.02. The van der Waals surface area contributed by atoms with Gasteiger partial charge < -0.3 is 5.11 Å². The summed E-state index contributed by atoms with van der Waals surface area (Å²) in [7, 11) is 0. The molecule has 0 saturated carbocycles. The van der Waals surface area contributed by atoms with Crippen LogP contribution in [0.5, 0.6) is 0 Å². The van der Waals surface area contributed by atoms with E-state index in [9.17, 15) is 5.11 Å². The summed E-state index contributed by atoms with van der Waals surface area (Å²) in [5.74, 6) is 0.169. The topological polar surface area (TPSA) is 20.2 Å². The van der Waals surface area contributed by atoms with E-state index in [1.54, 1.807) is 0 Å². The van der Waals surface area contributed by atoms with Gasteiger partial charge in [0.25, 0.3) is 0 Å². The minimum absolute atomic E-state index is 0. The SMILES string of the molecule is CCC(C)C(O)(c1ccccc1)c1ccccc1.Cl. The molecule has 102 valence electrons. The molecule has 0 amide bonds. The zero-order valence-electron chi connectivity index (χ0n) is 11.4. The highest BCUT2D eigenvalue weighted by Crippen LogP contribution is 2.37. The van der Waals surface area contributed by atoms with E-state index in [0.717, 1.165) is 17.5 Å². The molecule has 2 aromatic carbocycles. The third-order valence-electron chi connectivity index (χ3n) is 3.75. The van der Waals surface area contributed by atoms with Crippen LogP contribution < -0.4 is 0 Å². The first-order valence-electron chi connectivity index (χ1n) is 6.53. The summed E-state index contributed by atoms with van der Waals surface area (Å²) in [6.45, 7) is 4.21. The van der Waals surface area contributed by atoms with Crippen LogP contribution in [0.25, 0.3) is 0 Å². The molecule has 0 heterocycles. The Labute approximate surface area is 121 Å². The lowest BCUT2D eigenvalue weighted by Gasteiger charge is -2.35. The predicted molar refractivity (Wildman–Crippen MR) is 82.6 cm³/mol. The third-order valence-corrected chi connectivity index (χ3v) is 3.75. The fourth-order valence-electron chi connectivity index (χ4n) is 2.42.